The van der Waals surface area contributed by atoms with Crippen molar-refractivity contribution in [2.45, 2.75) is 45.7 Å². The highest BCUT2D eigenvalue weighted by Gasteiger charge is 2.29. The summed E-state index contributed by atoms with van der Waals surface area (Å²) in [5, 5.41) is 10.2. The molecule has 23 heavy (non-hydrogen) atoms. The van der Waals surface area contributed by atoms with Gasteiger partial charge in [-0.2, -0.15) is 4.89 Å². The van der Waals surface area contributed by atoms with Crippen LogP contribution in [0.2, 0.25) is 0 Å². The van der Waals surface area contributed by atoms with Crippen LogP contribution in [0.1, 0.15) is 32.8 Å². The van der Waals surface area contributed by atoms with Crippen molar-refractivity contribution < 1.29 is 33.9 Å². The van der Waals surface area contributed by atoms with Crippen LogP contribution in [0.4, 0.5) is 0 Å². The molecule has 0 amide bonds. The molecular weight excluding hydrogens is 304 g/mol. The molecule has 0 aliphatic heterocycles. The quantitative estimate of drug-likeness (QED) is 0.320. The highest BCUT2D eigenvalue weighted by Crippen LogP contribution is 2.18. The minimum absolute atomic E-state index is 0.0410. The Morgan fingerprint density at radius 3 is 2.39 bits per heavy atom. The molecule has 0 radical (unpaired) electrons. The van der Waals surface area contributed by atoms with Gasteiger partial charge >= 0.3 is 11.9 Å². The number of aliphatic hydroxyl groups is 1. The second kappa shape index (κ2) is 9.24. The van der Waals surface area contributed by atoms with E-state index in [-0.39, 0.29) is 19.6 Å². The molecule has 0 saturated heterocycles. The largest absolute Gasteiger partial charge is 0.436 e. The van der Waals surface area contributed by atoms with E-state index in [0.717, 1.165) is 5.56 Å². The van der Waals surface area contributed by atoms with Crippen molar-refractivity contribution in [3.05, 3.63) is 35.9 Å². The maximum Gasteiger partial charge on any atom is 0.339 e. The smallest absolute Gasteiger partial charge is 0.339 e. The van der Waals surface area contributed by atoms with Gasteiger partial charge < -0.3 is 14.6 Å². The molecule has 0 aliphatic rings. The van der Waals surface area contributed by atoms with E-state index < -0.39 is 23.8 Å². The van der Waals surface area contributed by atoms with Gasteiger partial charge in [-0.25, -0.2) is 4.79 Å². The maximum absolute atomic E-state index is 11.2. The van der Waals surface area contributed by atoms with E-state index in [4.69, 9.17) is 9.47 Å². The molecule has 0 heterocycles. The molecule has 0 spiro atoms. The van der Waals surface area contributed by atoms with E-state index in [0.29, 0.717) is 0 Å². The third kappa shape index (κ3) is 8.92. The third-order valence-corrected chi connectivity index (χ3v) is 2.73. The van der Waals surface area contributed by atoms with Crippen molar-refractivity contribution in [1.29, 1.82) is 0 Å². The Morgan fingerprint density at radius 1 is 1.17 bits per heavy atom. The summed E-state index contributed by atoms with van der Waals surface area (Å²) in [6, 6.07) is 9.34. The van der Waals surface area contributed by atoms with Crippen molar-refractivity contribution in [2.75, 3.05) is 6.61 Å². The van der Waals surface area contributed by atoms with Crippen LogP contribution in [0.3, 0.4) is 0 Å². The van der Waals surface area contributed by atoms with Crippen LogP contribution in [-0.4, -0.2) is 35.5 Å². The highest BCUT2D eigenvalue weighted by molar-refractivity contribution is 5.66. The van der Waals surface area contributed by atoms with Crippen LogP contribution >= 0.6 is 0 Å². The lowest BCUT2D eigenvalue weighted by Gasteiger charge is -2.27. The van der Waals surface area contributed by atoms with Gasteiger partial charge in [0.2, 0.25) is 6.29 Å². The number of rotatable bonds is 9. The molecule has 128 valence electrons. The molecule has 0 bridgehead atoms. The molecule has 0 aliphatic carbocycles. The van der Waals surface area contributed by atoms with Crippen LogP contribution in [0.15, 0.2) is 30.3 Å². The molecule has 7 nitrogen and oxygen atoms in total. The standard InChI is InChI=1S/C16H22O7/c1-12(17)22-15(20-10-14-7-5-4-6-8-14)9-16(3,19)11-21-23-13(2)18/h4-8,15,19H,9-11H2,1-3H3. The molecule has 7 heteroatoms. The van der Waals surface area contributed by atoms with Crippen LogP contribution in [0.5, 0.6) is 0 Å². The van der Waals surface area contributed by atoms with Gasteiger partial charge in [0, 0.05) is 20.3 Å². The van der Waals surface area contributed by atoms with Gasteiger partial charge in [-0.1, -0.05) is 30.3 Å². The number of hydrogen-bond donors (Lipinski definition) is 1. The average molecular weight is 326 g/mol. The Morgan fingerprint density at radius 2 is 1.83 bits per heavy atom. The van der Waals surface area contributed by atoms with Crippen LogP contribution < -0.4 is 0 Å². The second-order valence-electron chi connectivity index (χ2n) is 5.37. The lowest BCUT2D eigenvalue weighted by molar-refractivity contribution is -0.293. The average Bonchev–Trinajstić information content (AvgIpc) is 2.44. The fourth-order valence-electron chi connectivity index (χ4n) is 1.74. The van der Waals surface area contributed by atoms with E-state index in [1.807, 2.05) is 30.3 Å². The Labute approximate surface area is 135 Å². The Bertz CT molecular complexity index is 498. The number of carbonyl (C=O) groups excluding carboxylic acids is 2. The molecule has 1 aromatic rings. The zero-order valence-corrected chi connectivity index (χ0v) is 13.5. The van der Waals surface area contributed by atoms with E-state index in [1.165, 1.54) is 20.8 Å². The lowest BCUT2D eigenvalue weighted by Crippen LogP contribution is -2.37. The van der Waals surface area contributed by atoms with Gasteiger partial charge in [0.05, 0.1) is 12.2 Å². The van der Waals surface area contributed by atoms with Crippen molar-refractivity contribution >= 4 is 11.9 Å². The first-order valence-electron chi connectivity index (χ1n) is 7.14. The van der Waals surface area contributed by atoms with E-state index in [2.05, 4.69) is 9.78 Å². The zero-order chi connectivity index (χ0) is 17.3. The fourth-order valence-corrected chi connectivity index (χ4v) is 1.74. The normalized spacial score (nSPS) is 14.6. The summed E-state index contributed by atoms with van der Waals surface area (Å²) in [6.45, 7) is 3.83. The van der Waals surface area contributed by atoms with Crippen LogP contribution in [0.25, 0.3) is 0 Å². The number of carbonyl (C=O) groups is 2. The van der Waals surface area contributed by atoms with Crippen LogP contribution in [0, 0.1) is 0 Å². The van der Waals surface area contributed by atoms with Gasteiger partial charge in [-0.05, 0) is 12.5 Å². The highest BCUT2D eigenvalue weighted by atomic mass is 17.2. The summed E-state index contributed by atoms with van der Waals surface area (Å²) >= 11 is 0. The summed E-state index contributed by atoms with van der Waals surface area (Å²) in [4.78, 5) is 30.8. The van der Waals surface area contributed by atoms with Gasteiger partial charge in [-0.3, -0.25) is 9.68 Å². The summed E-state index contributed by atoms with van der Waals surface area (Å²) in [6.07, 6.45) is -0.996. The lowest BCUT2D eigenvalue weighted by atomic mass is 10.0. The summed E-state index contributed by atoms with van der Waals surface area (Å²) in [5.74, 6) is -1.16. The minimum atomic E-state index is -1.41. The molecule has 0 aromatic heterocycles. The molecule has 2 atom stereocenters. The van der Waals surface area contributed by atoms with Crippen molar-refractivity contribution in [3.8, 4) is 0 Å². The van der Waals surface area contributed by atoms with Gasteiger partial charge in [0.25, 0.3) is 0 Å². The second-order valence-corrected chi connectivity index (χ2v) is 5.37. The van der Waals surface area contributed by atoms with Crippen molar-refractivity contribution in [3.63, 3.8) is 0 Å². The Hall–Kier alpha value is -1.96. The summed E-state index contributed by atoms with van der Waals surface area (Å²) in [7, 11) is 0. The van der Waals surface area contributed by atoms with Gasteiger partial charge in [0.15, 0.2) is 0 Å². The van der Waals surface area contributed by atoms with E-state index >= 15 is 0 Å². The van der Waals surface area contributed by atoms with E-state index in [9.17, 15) is 14.7 Å². The molecule has 1 N–H and O–H groups in total. The molecular formula is C16H22O7. The van der Waals surface area contributed by atoms with Crippen molar-refractivity contribution in [2.24, 2.45) is 0 Å². The zero-order valence-electron chi connectivity index (χ0n) is 13.5. The Balaban J connectivity index is 2.55. The number of benzene rings is 1. The first-order valence-corrected chi connectivity index (χ1v) is 7.14. The first-order chi connectivity index (χ1) is 10.8. The predicted molar refractivity (Wildman–Crippen MR) is 79.7 cm³/mol. The monoisotopic (exact) mass is 326 g/mol. The third-order valence-electron chi connectivity index (χ3n) is 2.73. The number of esters is 1. The van der Waals surface area contributed by atoms with Gasteiger partial charge in [-0.15, -0.1) is 0 Å². The van der Waals surface area contributed by atoms with Crippen LogP contribution in [-0.2, 0) is 35.4 Å². The minimum Gasteiger partial charge on any atom is -0.436 e. The fraction of sp³-hybridized carbons (Fsp3) is 0.500. The SMILES string of the molecule is CC(=O)OOCC(C)(O)CC(OCc1ccccc1)OC(C)=O. The Kier molecular flexibility index (Phi) is 7.67. The van der Waals surface area contributed by atoms with E-state index in [1.54, 1.807) is 0 Å². The van der Waals surface area contributed by atoms with Crippen molar-refractivity contribution in [1.82, 2.24) is 0 Å². The van der Waals surface area contributed by atoms with Gasteiger partial charge in [0.1, 0.15) is 6.61 Å². The molecule has 2 unspecified atom stereocenters. The molecule has 1 aromatic carbocycles. The molecule has 0 fully saturated rings. The number of hydrogen-bond acceptors (Lipinski definition) is 7. The molecule has 1 rings (SSSR count). The topological polar surface area (TPSA) is 91.3 Å². The predicted octanol–water partition coefficient (Wildman–Crippen LogP) is 1.73. The first kappa shape index (κ1) is 19.1. The number of ether oxygens (including phenoxy) is 2. The maximum atomic E-state index is 11.2. The summed E-state index contributed by atoms with van der Waals surface area (Å²) in [5.41, 5.74) is -0.507. The molecule has 0 saturated carbocycles. The summed E-state index contributed by atoms with van der Waals surface area (Å²) < 4.78 is 10.6.